The van der Waals surface area contributed by atoms with E-state index in [1.54, 1.807) is 6.07 Å². The molecular formula is C18H25ClFNO3. The Labute approximate surface area is 147 Å². The monoisotopic (exact) mass is 357 g/mol. The number of alkyl carbamates (subject to hydrolysis) is 1. The van der Waals surface area contributed by atoms with Crippen LogP contribution < -0.4 is 10.1 Å². The topological polar surface area (TPSA) is 47.6 Å². The zero-order chi connectivity index (χ0) is 17.7. The molecule has 1 aliphatic rings. The highest BCUT2D eigenvalue weighted by Gasteiger charge is 2.40. The normalized spacial score (nSPS) is 19.7. The molecule has 24 heavy (non-hydrogen) atoms. The summed E-state index contributed by atoms with van der Waals surface area (Å²) in [6.07, 6.45) is 0.921. The van der Waals surface area contributed by atoms with Crippen LogP contribution in [0.2, 0.25) is 5.02 Å². The Morgan fingerprint density at radius 3 is 2.83 bits per heavy atom. The van der Waals surface area contributed by atoms with Crippen LogP contribution >= 0.6 is 11.6 Å². The molecule has 0 aromatic heterocycles. The molecule has 0 heterocycles. The summed E-state index contributed by atoms with van der Waals surface area (Å²) >= 11 is 6.09. The fourth-order valence-electron chi connectivity index (χ4n) is 2.56. The van der Waals surface area contributed by atoms with Gasteiger partial charge in [0.05, 0.1) is 13.3 Å². The highest BCUT2D eigenvalue weighted by molar-refractivity contribution is 6.30. The van der Waals surface area contributed by atoms with Crippen molar-refractivity contribution in [1.82, 2.24) is 5.32 Å². The van der Waals surface area contributed by atoms with Crippen LogP contribution in [0.4, 0.5) is 9.18 Å². The number of halogens is 2. The van der Waals surface area contributed by atoms with E-state index in [2.05, 4.69) is 5.32 Å². The molecule has 2 rings (SSSR count). The average Bonchev–Trinajstić information content (AvgIpc) is 3.24. The lowest BCUT2D eigenvalue weighted by Gasteiger charge is -2.19. The number of carbonyl (C=O) groups is 1. The standard InChI is InChI=1S/C18H25ClFNO3/c1-18(2,3)24-17(22)21-11-12-9-14(12)15-10-13(19)5-6-16(15)23-8-4-7-20/h5-6,10,12,14H,4,7-9,11H2,1-3H3,(H,21,22). The highest BCUT2D eigenvalue weighted by Crippen LogP contribution is 2.50. The number of nitrogens with one attached hydrogen (secondary N) is 1. The van der Waals surface area contributed by atoms with Crippen molar-refractivity contribution in [1.29, 1.82) is 0 Å². The average molecular weight is 358 g/mol. The van der Waals surface area contributed by atoms with Crippen LogP contribution in [0.3, 0.4) is 0 Å². The number of carbonyl (C=O) groups excluding carboxylic acids is 1. The van der Waals surface area contributed by atoms with Gasteiger partial charge in [0, 0.05) is 18.0 Å². The van der Waals surface area contributed by atoms with Gasteiger partial charge in [0.2, 0.25) is 0 Å². The molecule has 1 N–H and O–H groups in total. The molecule has 1 amide bonds. The molecule has 4 nitrogen and oxygen atoms in total. The van der Waals surface area contributed by atoms with Crippen LogP contribution in [0, 0.1) is 5.92 Å². The van der Waals surface area contributed by atoms with Gasteiger partial charge in [-0.3, -0.25) is 4.39 Å². The Bertz CT molecular complexity index is 574. The van der Waals surface area contributed by atoms with Gasteiger partial charge in [-0.1, -0.05) is 11.6 Å². The van der Waals surface area contributed by atoms with Gasteiger partial charge in [0.1, 0.15) is 11.4 Å². The second kappa shape index (κ2) is 8.06. The van der Waals surface area contributed by atoms with Crippen molar-refractivity contribution < 1.29 is 18.7 Å². The van der Waals surface area contributed by atoms with Crippen LogP contribution in [0.15, 0.2) is 18.2 Å². The molecule has 0 saturated heterocycles. The molecule has 6 heteroatoms. The number of hydrogen-bond donors (Lipinski definition) is 1. The maximum Gasteiger partial charge on any atom is 0.407 e. The Morgan fingerprint density at radius 2 is 2.17 bits per heavy atom. The third kappa shape index (κ3) is 5.86. The number of ether oxygens (including phenoxy) is 2. The molecule has 134 valence electrons. The van der Waals surface area contributed by atoms with Crippen molar-refractivity contribution in [2.45, 2.75) is 45.1 Å². The number of benzene rings is 1. The van der Waals surface area contributed by atoms with Gasteiger partial charge in [-0.05, 0) is 62.8 Å². The van der Waals surface area contributed by atoms with E-state index < -0.39 is 18.4 Å². The minimum atomic E-state index is -0.503. The molecule has 1 saturated carbocycles. The first-order valence-electron chi connectivity index (χ1n) is 8.25. The van der Waals surface area contributed by atoms with Crippen molar-refractivity contribution >= 4 is 17.7 Å². The molecule has 1 aliphatic carbocycles. The highest BCUT2D eigenvalue weighted by atomic mass is 35.5. The third-order valence-corrected chi connectivity index (χ3v) is 3.97. The lowest BCUT2D eigenvalue weighted by atomic mass is 10.1. The minimum absolute atomic E-state index is 0.291. The van der Waals surface area contributed by atoms with Crippen LogP contribution in [0.25, 0.3) is 0 Å². The van der Waals surface area contributed by atoms with Crippen LogP contribution in [0.1, 0.15) is 45.1 Å². The van der Waals surface area contributed by atoms with Crippen molar-refractivity contribution in [2.24, 2.45) is 5.92 Å². The Morgan fingerprint density at radius 1 is 1.42 bits per heavy atom. The summed E-state index contributed by atoms with van der Waals surface area (Å²) in [6.45, 7) is 6.00. The molecule has 1 fully saturated rings. The summed E-state index contributed by atoms with van der Waals surface area (Å²) in [6, 6.07) is 5.49. The molecule has 2 atom stereocenters. The quantitative estimate of drug-likeness (QED) is 0.719. The summed E-state index contributed by atoms with van der Waals surface area (Å²) in [5.74, 6) is 1.37. The second-order valence-corrected chi connectivity index (χ2v) is 7.49. The fourth-order valence-corrected chi connectivity index (χ4v) is 2.74. The predicted octanol–water partition coefficient (Wildman–Crippen LogP) is 4.71. The maximum atomic E-state index is 12.2. The van der Waals surface area contributed by atoms with Crippen molar-refractivity contribution in [3.63, 3.8) is 0 Å². The van der Waals surface area contributed by atoms with E-state index in [4.69, 9.17) is 21.1 Å². The van der Waals surface area contributed by atoms with E-state index >= 15 is 0 Å². The van der Waals surface area contributed by atoms with Crippen molar-refractivity contribution in [3.05, 3.63) is 28.8 Å². The van der Waals surface area contributed by atoms with E-state index in [9.17, 15) is 9.18 Å². The molecule has 1 aromatic carbocycles. The van der Waals surface area contributed by atoms with Crippen LogP contribution in [0.5, 0.6) is 5.75 Å². The maximum absolute atomic E-state index is 12.2. The van der Waals surface area contributed by atoms with Gasteiger partial charge in [-0.15, -0.1) is 0 Å². The first kappa shape index (κ1) is 18.8. The first-order chi connectivity index (χ1) is 11.3. The van der Waals surface area contributed by atoms with E-state index in [1.807, 2.05) is 32.9 Å². The van der Waals surface area contributed by atoms with Gasteiger partial charge in [0.25, 0.3) is 0 Å². The Balaban J connectivity index is 1.89. The molecule has 1 aromatic rings. The summed E-state index contributed by atoms with van der Waals surface area (Å²) in [5.41, 5.74) is 0.523. The molecule has 0 bridgehead atoms. The zero-order valence-corrected chi connectivity index (χ0v) is 15.2. The van der Waals surface area contributed by atoms with Gasteiger partial charge in [-0.25, -0.2) is 4.79 Å². The van der Waals surface area contributed by atoms with Gasteiger partial charge in [-0.2, -0.15) is 0 Å². The lowest BCUT2D eigenvalue weighted by Crippen LogP contribution is -2.33. The first-order valence-corrected chi connectivity index (χ1v) is 8.63. The largest absolute Gasteiger partial charge is 0.493 e. The number of alkyl halides is 1. The number of rotatable bonds is 7. The number of hydrogen-bond acceptors (Lipinski definition) is 3. The molecule has 0 aliphatic heterocycles. The lowest BCUT2D eigenvalue weighted by molar-refractivity contribution is 0.0525. The Hall–Kier alpha value is -1.49. The smallest absolute Gasteiger partial charge is 0.407 e. The summed E-state index contributed by atoms with van der Waals surface area (Å²) < 4.78 is 23.1. The Kier molecular flexibility index (Phi) is 6.33. The molecule has 0 spiro atoms. The van der Waals surface area contributed by atoms with E-state index in [0.29, 0.717) is 36.4 Å². The molecule has 0 radical (unpaired) electrons. The van der Waals surface area contributed by atoms with Gasteiger partial charge in [0.15, 0.2) is 0 Å². The molecule has 2 unspecified atom stereocenters. The summed E-state index contributed by atoms with van der Waals surface area (Å²) in [4.78, 5) is 11.7. The van der Waals surface area contributed by atoms with E-state index in [0.717, 1.165) is 17.7 Å². The SMILES string of the molecule is CC(C)(C)OC(=O)NCC1CC1c1cc(Cl)ccc1OCCCF. The fraction of sp³-hybridized carbons (Fsp3) is 0.611. The minimum Gasteiger partial charge on any atom is -0.493 e. The zero-order valence-electron chi connectivity index (χ0n) is 14.4. The van der Waals surface area contributed by atoms with Gasteiger partial charge >= 0.3 is 6.09 Å². The van der Waals surface area contributed by atoms with E-state index in [1.165, 1.54) is 0 Å². The predicted molar refractivity (Wildman–Crippen MR) is 92.6 cm³/mol. The second-order valence-electron chi connectivity index (χ2n) is 7.06. The van der Waals surface area contributed by atoms with E-state index in [-0.39, 0.29) is 0 Å². The summed E-state index contributed by atoms with van der Waals surface area (Å²) in [5, 5.41) is 3.45. The number of amides is 1. The molecular weight excluding hydrogens is 333 g/mol. The van der Waals surface area contributed by atoms with Crippen molar-refractivity contribution in [3.8, 4) is 5.75 Å². The van der Waals surface area contributed by atoms with Gasteiger partial charge < -0.3 is 14.8 Å². The third-order valence-electron chi connectivity index (χ3n) is 3.74. The summed E-state index contributed by atoms with van der Waals surface area (Å²) in [7, 11) is 0. The van der Waals surface area contributed by atoms with Crippen molar-refractivity contribution in [2.75, 3.05) is 19.8 Å². The van der Waals surface area contributed by atoms with Crippen LogP contribution in [-0.2, 0) is 4.74 Å². The van der Waals surface area contributed by atoms with Crippen LogP contribution in [-0.4, -0.2) is 31.5 Å².